The summed E-state index contributed by atoms with van der Waals surface area (Å²) in [5.74, 6) is 0.103. The summed E-state index contributed by atoms with van der Waals surface area (Å²) in [6, 6.07) is 0.259. The van der Waals surface area contributed by atoms with Crippen LogP contribution in [0, 0.1) is 5.92 Å². The minimum atomic E-state index is -0.0500. The zero-order valence-electron chi connectivity index (χ0n) is 9.79. The number of hydrogen-bond donors (Lipinski definition) is 3. The molecule has 0 unspecified atom stereocenters. The van der Waals surface area contributed by atoms with Crippen LogP contribution in [0.2, 0.25) is 0 Å². The van der Waals surface area contributed by atoms with Crippen LogP contribution in [0.15, 0.2) is 0 Å². The first-order chi connectivity index (χ1) is 7.63. The molecule has 16 heavy (non-hydrogen) atoms. The third kappa shape index (κ3) is 4.18. The minimum Gasteiger partial charge on any atom is -0.359 e. The van der Waals surface area contributed by atoms with Gasteiger partial charge in [-0.25, -0.2) is 0 Å². The molecule has 2 amide bonds. The number of amides is 2. The van der Waals surface area contributed by atoms with E-state index in [-0.39, 0.29) is 23.8 Å². The molecule has 0 saturated heterocycles. The lowest BCUT2D eigenvalue weighted by Crippen LogP contribution is -2.37. The monoisotopic (exact) mass is 227 g/mol. The summed E-state index contributed by atoms with van der Waals surface area (Å²) in [4.78, 5) is 22.6. The summed E-state index contributed by atoms with van der Waals surface area (Å²) in [5.41, 5.74) is 5.77. The van der Waals surface area contributed by atoms with Gasteiger partial charge in [-0.3, -0.25) is 9.59 Å². The molecule has 1 rings (SSSR count). The Morgan fingerprint density at radius 1 is 1.25 bits per heavy atom. The topological polar surface area (TPSA) is 84.2 Å². The number of nitrogens with one attached hydrogen (secondary N) is 2. The molecule has 92 valence electrons. The molecule has 0 heterocycles. The van der Waals surface area contributed by atoms with Crippen molar-refractivity contribution in [2.75, 3.05) is 13.6 Å². The molecular weight excluding hydrogens is 206 g/mol. The molecule has 0 aromatic carbocycles. The fourth-order valence-electron chi connectivity index (χ4n) is 1.95. The van der Waals surface area contributed by atoms with Crippen LogP contribution in [0.1, 0.15) is 32.1 Å². The Kier molecular flexibility index (Phi) is 5.25. The van der Waals surface area contributed by atoms with Crippen LogP contribution in [0.25, 0.3) is 0 Å². The van der Waals surface area contributed by atoms with Crippen LogP contribution in [-0.2, 0) is 9.59 Å². The van der Waals surface area contributed by atoms with E-state index < -0.39 is 0 Å². The Hall–Kier alpha value is -1.10. The van der Waals surface area contributed by atoms with E-state index in [2.05, 4.69) is 10.6 Å². The summed E-state index contributed by atoms with van der Waals surface area (Å²) in [6.07, 6.45) is 3.93. The first-order valence-electron chi connectivity index (χ1n) is 5.87. The molecule has 0 aliphatic heterocycles. The molecule has 0 spiro atoms. The zero-order chi connectivity index (χ0) is 12.0. The van der Waals surface area contributed by atoms with Crippen molar-refractivity contribution >= 4 is 11.8 Å². The van der Waals surface area contributed by atoms with Gasteiger partial charge in [0.1, 0.15) is 0 Å². The fraction of sp³-hybridized carbons (Fsp3) is 0.818. The second kappa shape index (κ2) is 6.48. The van der Waals surface area contributed by atoms with Crippen molar-refractivity contribution in [2.45, 2.75) is 38.1 Å². The summed E-state index contributed by atoms with van der Waals surface area (Å²) in [6.45, 7) is 0.418. The van der Waals surface area contributed by atoms with E-state index in [9.17, 15) is 9.59 Å². The Bertz CT molecular complexity index is 248. The largest absolute Gasteiger partial charge is 0.359 e. The smallest absolute Gasteiger partial charge is 0.223 e. The van der Waals surface area contributed by atoms with Crippen molar-refractivity contribution < 1.29 is 9.59 Å². The van der Waals surface area contributed by atoms with Gasteiger partial charge in [0.2, 0.25) is 11.8 Å². The molecule has 5 heteroatoms. The molecule has 1 saturated carbocycles. The Morgan fingerprint density at radius 3 is 2.44 bits per heavy atom. The van der Waals surface area contributed by atoms with Crippen molar-refractivity contribution in [3.05, 3.63) is 0 Å². The first kappa shape index (κ1) is 13.0. The molecule has 0 bridgehead atoms. The lowest BCUT2D eigenvalue weighted by molar-refractivity contribution is -0.126. The van der Waals surface area contributed by atoms with Crippen molar-refractivity contribution in [3.63, 3.8) is 0 Å². The van der Waals surface area contributed by atoms with E-state index in [4.69, 9.17) is 5.73 Å². The maximum atomic E-state index is 11.7. The highest BCUT2D eigenvalue weighted by Gasteiger charge is 2.24. The molecule has 1 aliphatic rings. The van der Waals surface area contributed by atoms with Crippen LogP contribution < -0.4 is 16.4 Å². The van der Waals surface area contributed by atoms with Gasteiger partial charge in [0.15, 0.2) is 0 Å². The highest BCUT2D eigenvalue weighted by Crippen LogP contribution is 2.22. The summed E-state index contributed by atoms with van der Waals surface area (Å²) in [5, 5.41) is 5.31. The number of hydrogen-bond acceptors (Lipinski definition) is 3. The van der Waals surface area contributed by atoms with Gasteiger partial charge in [0.25, 0.3) is 0 Å². The van der Waals surface area contributed by atoms with Gasteiger partial charge in [-0.05, 0) is 25.7 Å². The molecule has 0 aromatic heterocycles. The van der Waals surface area contributed by atoms with Crippen molar-refractivity contribution in [3.8, 4) is 0 Å². The van der Waals surface area contributed by atoms with Gasteiger partial charge in [0, 0.05) is 32.0 Å². The van der Waals surface area contributed by atoms with Crippen LogP contribution in [0.3, 0.4) is 0 Å². The average molecular weight is 227 g/mol. The second-order valence-electron chi connectivity index (χ2n) is 4.33. The quantitative estimate of drug-likeness (QED) is 0.619. The Labute approximate surface area is 96.1 Å². The Balaban J connectivity index is 2.17. The van der Waals surface area contributed by atoms with Crippen LogP contribution >= 0.6 is 0 Å². The van der Waals surface area contributed by atoms with Crippen molar-refractivity contribution in [1.29, 1.82) is 0 Å². The van der Waals surface area contributed by atoms with E-state index in [0.717, 1.165) is 25.7 Å². The highest BCUT2D eigenvalue weighted by atomic mass is 16.2. The lowest BCUT2D eigenvalue weighted by Gasteiger charge is -2.25. The molecular formula is C11H21N3O2. The van der Waals surface area contributed by atoms with Crippen molar-refractivity contribution in [1.82, 2.24) is 10.6 Å². The van der Waals surface area contributed by atoms with Gasteiger partial charge < -0.3 is 16.4 Å². The SMILES string of the molecule is CNC(=O)CCNC(=O)C1CCC(N)CC1. The molecule has 4 N–H and O–H groups in total. The van der Waals surface area contributed by atoms with Gasteiger partial charge in [0.05, 0.1) is 0 Å². The highest BCUT2D eigenvalue weighted by molar-refractivity contribution is 5.80. The van der Waals surface area contributed by atoms with Crippen molar-refractivity contribution in [2.24, 2.45) is 11.7 Å². The maximum absolute atomic E-state index is 11.7. The number of carbonyl (C=O) groups is 2. The third-order valence-corrected chi connectivity index (χ3v) is 3.07. The summed E-state index contributed by atoms with van der Waals surface area (Å²) >= 11 is 0. The van der Waals surface area contributed by atoms with E-state index in [1.807, 2.05) is 0 Å². The molecule has 1 fully saturated rings. The summed E-state index contributed by atoms with van der Waals surface area (Å²) in [7, 11) is 1.59. The Morgan fingerprint density at radius 2 is 1.88 bits per heavy atom. The van der Waals surface area contributed by atoms with E-state index >= 15 is 0 Å². The first-order valence-corrected chi connectivity index (χ1v) is 5.87. The van der Waals surface area contributed by atoms with E-state index in [0.29, 0.717) is 13.0 Å². The number of nitrogens with two attached hydrogens (primary N) is 1. The predicted molar refractivity (Wildman–Crippen MR) is 61.6 cm³/mol. The minimum absolute atomic E-state index is 0.0500. The third-order valence-electron chi connectivity index (χ3n) is 3.07. The van der Waals surface area contributed by atoms with Gasteiger partial charge in [-0.15, -0.1) is 0 Å². The van der Waals surface area contributed by atoms with Crippen LogP contribution in [0.5, 0.6) is 0 Å². The standard InChI is InChI=1S/C11H21N3O2/c1-13-10(15)6-7-14-11(16)8-2-4-9(12)5-3-8/h8-9H,2-7,12H2,1H3,(H,13,15)(H,14,16). The second-order valence-corrected chi connectivity index (χ2v) is 4.33. The van der Waals surface area contributed by atoms with Gasteiger partial charge in [-0.2, -0.15) is 0 Å². The van der Waals surface area contributed by atoms with Gasteiger partial charge in [-0.1, -0.05) is 0 Å². The van der Waals surface area contributed by atoms with Crippen LogP contribution in [-0.4, -0.2) is 31.4 Å². The van der Waals surface area contributed by atoms with E-state index in [1.54, 1.807) is 7.05 Å². The fourth-order valence-corrected chi connectivity index (χ4v) is 1.95. The molecule has 0 atom stereocenters. The number of rotatable bonds is 4. The van der Waals surface area contributed by atoms with Gasteiger partial charge >= 0.3 is 0 Å². The molecule has 0 radical (unpaired) electrons. The number of carbonyl (C=O) groups excluding carboxylic acids is 2. The normalized spacial score (nSPS) is 24.9. The maximum Gasteiger partial charge on any atom is 0.223 e. The molecule has 5 nitrogen and oxygen atoms in total. The lowest BCUT2D eigenvalue weighted by atomic mass is 9.86. The average Bonchev–Trinajstić information content (AvgIpc) is 2.29. The van der Waals surface area contributed by atoms with Crippen LogP contribution in [0.4, 0.5) is 0 Å². The predicted octanol–water partition coefficient (Wildman–Crippen LogP) is -0.244. The van der Waals surface area contributed by atoms with E-state index in [1.165, 1.54) is 0 Å². The molecule has 1 aliphatic carbocycles. The zero-order valence-corrected chi connectivity index (χ0v) is 9.79. The molecule has 0 aromatic rings. The summed E-state index contributed by atoms with van der Waals surface area (Å²) < 4.78 is 0.